The van der Waals surface area contributed by atoms with E-state index in [1.807, 2.05) is 6.07 Å². The highest BCUT2D eigenvalue weighted by molar-refractivity contribution is 5.90. The fourth-order valence-electron chi connectivity index (χ4n) is 2.80. The highest BCUT2D eigenvalue weighted by atomic mass is 16.4. The van der Waals surface area contributed by atoms with E-state index in [4.69, 9.17) is 5.11 Å². The summed E-state index contributed by atoms with van der Waals surface area (Å²) in [5, 5.41) is 23.4. The van der Waals surface area contributed by atoms with Gasteiger partial charge in [-0.2, -0.15) is 0 Å². The molecule has 2 aromatic carbocycles. The lowest BCUT2D eigenvalue weighted by molar-refractivity contribution is -0.142. The summed E-state index contributed by atoms with van der Waals surface area (Å²) in [6.45, 7) is 1.28. The van der Waals surface area contributed by atoms with Crippen LogP contribution >= 0.6 is 0 Å². The largest absolute Gasteiger partial charge is 0.480 e. The molecule has 0 saturated heterocycles. The second-order valence-electron chi connectivity index (χ2n) is 6.55. The van der Waals surface area contributed by atoms with Crippen LogP contribution < -0.4 is 10.6 Å². The molecule has 8 nitrogen and oxygen atoms in total. The standard InChI is InChI=1S/C21H22N2O6/c1-13(24)22-17(11-14-5-3-2-4-6-14)19(25)23-18(21(28)29)12-15-7-9-16(10-8-15)20(26)27/h2-10,17-18H,11-12H2,1H3,(H,22,24)(H,23,25)(H,26,27)(H,28,29)/t17-,18-/m0/s1. The number of aliphatic carboxylic acids is 1. The van der Waals surface area contributed by atoms with Crippen molar-refractivity contribution in [2.75, 3.05) is 0 Å². The van der Waals surface area contributed by atoms with Crippen LogP contribution in [0.3, 0.4) is 0 Å². The maximum Gasteiger partial charge on any atom is 0.335 e. The van der Waals surface area contributed by atoms with E-state index in [9.17, 15) is 24.3 Å². The number of aromatic carboxylic acids is 1. The van der Waals surface area contributed by atoms with E-state index in [2.05, 4.69) is 10.6 Å². The van der Waals surface area contributed by atoms with E-state index in [0.29, 0.717) is 5.56 Å². The highest BCUT2D eigenvalue weighted by Crippen LogP contribution is 2.09. The number of carbonyl (C=O) groups excluding carboxylic acids is 2. The van der Waals surface area contributed by atoms with Crippen molar-refractivity contribution in [2.45, 2.75) is 31.8 Å². The smallest absolute Gasteiger partial charge is 0.335 e. The molecule has 2 atom stereocenters. The van der Waals surface area contributed by atoms with Crippen molar-refractivity contribution in [3.63, 3.8) is 0 Å². The molecular weight excluding hydrogens is 376 g/mol. The van der Waals surface area contributed by atoms with Crippen LogP contribution in [0.4, 0.5) is 0 Å². The van der Waals surface area contributed by atoms with Gasteiger partial charge in [0.2, 0.25) is 11.8 Å². The molecule has 0 heterocycles. The Hall–Kier alpha value is -3.68. The molecule has 2 amide bonds. The molecule has 0 radical (unpaired) electrons. The van der Waals surface area contributed by atoms with Crippen LogP contribution in [0.15, 0.2) is 54.6 Å². The van der Waals surface area contributed by atoms with Crippen LogP contribution in [-0.4, -0.2) is 46.0 Å². The van der Waals surface area contributed by atoms with Crippen molar-refractivity contribution in [1.29, 1.82) is 0 Å². The van der Waals surface area contributed by atoms with E-state index < -0.39 is 35.8 Å². The average molecular weight is 398 g/mol. The van der Waals surface area contributed by atoms with Crippen LogP contribution in [0.1, 0.15) is 28.4 Å². The Morgan fingerprint density at radius 3 is 1.86 bits per heavy atom. The SMILES string of the molecule is CC(=O)N[C@@H](Cc1ccccc1)C(=O)N[C@@H](Cc1ccc(C(=O)O)cc1)C(=O)O. The third kappa shape index (κ3) is 6.76. The molecule has 8 heteroatoms. The zero-order valence-electron chi connectivity index (χ0n) is 15.8. The van der Waals surface area contributed by atoms with Gasteiger partial charge in [0.15, 0.2) is 0 Å². The molecule has 0 aliphatic rings. The molecule has 2 rings (SSSR count). The van der Waals surface area contributed by atoms with Gasteiger partial charge < -0.3 is 20.8 Å². The Morgan fingerprint density at radius 2 is 1.34 bits per heavy atom. The molecule has 0 bridgehead atoms. The second kappa shape index (κ2) is 10.0. The topological polar surface area (TPSA) is 133 Å². The number of carboxylic acid groups (broad SMARTS) is 2. The van der Waals surface area contributed by atoms with E-state index in [-0.39, 0.29) is 18.4 Å². The minimum Gasteiger partial charge on any atom is -0.480 e. The van der Waals surface area contributed by atoms with Crippen LogP contribution in [0.2, 0.25) is 0 Å². The summed E-state index contributed by atoms with van der Waals surface area (Å²) < 4.78 is 0. The zero-order chi connectivity index (χ0) is 21.4. The predicted octanol–water partition coefficient (Wildman–Crippen LogP) is 1.24. The first kappa shape index (κ1) is 21.6. The van der Waals surface area contributed by atoms with Gasteiger partial charge in [-0.3, -0.25) is 9.59 Å². The minimum atomic E-state index is -1.23. The van der Waals surface area contributed by atoms with E-state index in [1.54, 1.807) is 24.3 Å². The van der Waals surface area contributed by atoms with Crippen molar-refractivity contribution >= 4 is 23.8 Å². The van der Waals surface area contributed by atoms with Gasteiger partial charge in [-0.1, -0.05) is 42.5 Å². The molecule has 29 heavy (non-hydrogen) atoms. The van der Waals surface area contributed by atoms with Crippen molar-refractivity contribution in [1.82, 2.24) is 10.6 Å². The van der Waals surface area contributed by atoms with Gasteiger partial charge in [0, 0.05) is 19.8 Å². The summed E-state index contributed by atoms with van der Waals surface area (Å²) >= 11 is 0. The summed E-state index contributed by atoms with van der Waals surface area (Å²) in [5.74, 6) is -3.34. The highest BCUT2D eigenvalue weighted by Gasteiger charge is 2.26. The summed E-state index contributed by atoms with van der Waals surface area (Å²) in [7, 11) is 0. The first-order valence-corrected chi connectivity index (χ1v) is 8.92. The molecule has 0 unspecified atom stereocenters. The van der Waals surface area contributed by atoms with Crippen LogP contribution in [-0.2, 0) is 27.2 Å². The van der Waals surface area contributed by atoms with Gasteiger partial charge in [-0.05, 0) is 23.3 Å². The third-order valence-electron chi connectivity index (χ3n) is 4.23. The molecule has 0 aliphatic carbocycles. The molecule has 0 fully saturated rings. The van der Waals surface area contributed by atoms with Crippen molar-refractivity contribution in [3.8, 4) is 0 Å². The number of hydrogen-bond donors (Lipinski definition) is 4. The van der Waals surface area contributed by atoms with E-state index in [1.165, 1.54) is 31.2 Å². The van der Waals surface area contributed by atoms with Crippen molar-refractivity contribution in [2.24, 2.45) is 0 Å². The molecule has 152 valence electrons. The fraction of sp³-hybridized carbons (Fsp3) is 0.238. The number of nitrogens with one attached hydrogen (secondary N) is 2. The van der Waals surface area contributed by atoms with E-state index >= 15 is 0 Å². The van der Waals surface area contributed by atoms with Crippen molar-refractivity contribution in [3.05, 3.63) is 71.3 Å². The average Bonchev–Trinajstić information content (AvgIpc) is 2.67. The Balaban J connectivity index is 2.11. The first-order valence-electron chi connectivity index (χ1n) is 8.92. The number of hydrogen-bond acceptors (Lipinski definition) is 4. The maximum absolute atomic E-state index is 12.7. The molecule has 2 aromatic rings. The second-order valence-corrected chi connectivity index (χ2v) is 6.55. The molecule has 0 aromatic heterocycles. The van der Waals surface area contributed by atoms with Crippen LogP contribution in [0.25, 0.3) is 0 Å². The Morgan fingerprint density at radius 1 is 0.793 bits per heavy atom. The number of carbonyl (C=O) groups is 4. The lowest BCUT2D eigenvalue weighted by atomic mass is 10.0. The summed E-state index contributed by atoms with van der Waals surface area (Å²) in [4.78, 5) is 46.7. The molecule has 4 N–H and O–H groups in total. The third-order valence-corrected chi connectivity index (χ3v) is 4.23. The Bertz CT molecular complexity index is 880. The minimum absolute atomic E-state index is 0.0287. The van der Waals surface area contributed by atoms with Gasteiger partial charge >= 0.3 is 11.9 Å². The van der Waals surface area contributed by atoms with Crippen molar-refractivity contribution < 1.29 is 29.4 Å². The monoisotopic (exact) mass is 398 g/mol. The van der Waals surface area contributed by atoms with Gasteiger partial charge in [-0.25, -0.2) is 9.59 Å². The van der Waals surface area contributed by atoms with Crippen LogP contribution in [0, 0.1) is 0 Å². The Labute approximate surface area is 167 Å². The fourth-order valence-corrected chi connectivity index (χ4v) is 2.80. The summed E-state index contributed by atoms with van der Waals surface area (Å²) in [5.41, 5.74) is 1.46. The molecule has 0 aliphatic heterocycles. The zero-order valence-corrected chi connectivity index (χ0v) is 15.8. The molecular formula is C21H22N2O6. The predicted molar refractivity (Wildman–Crippen MR) is 104 cm³/mol. The lowest BCUT2D eigenvalue weighted by Gasteiger charge is -2.21. The summed E-state index contributed by atoms with van der Waals surface area (Å²) in [6.07, 6.45) is 0.186. The number of rotatable bonds is 9. The normalized spacial score (nSPS) is 12.4. The van der Waals surface area contributed by atoms with Gasteiger partial charge in [-0.15, -0.1) is 0 Å². The van der Waals surface area contributed by atoms with E-state index in [0.717, 1.165) is 5.56 Å². The van der Waals surface area contributed by atoms with Gasteiger partial charge in [0.25, 0.3) is 0 Å². The lowest BCUT2D eigenvalue weighted by Crippen LogP contribution is -2.52. The number of amides is 2. The maximum atomic E-state index is 12.7. The molecule has 0 saturated carbocycles. The summed E-state index contributed by atoms with van der Waals surface area (Å²) in [6, 6.07) is 12.6. The number of carboxylic acids is 2. The molecule has 0 spiro atoms. The van der Waals surface area contributed by atoms with Gasteiger partial charge in [0.1, 0.15) is 12.1 Å². The van der Waals surface area contributed by atoms with Gasteiger partial charge in [0.05, 0.1) is 5.56 Å². The van der Waals surface area contributed by atoms with Crippen LogP contribution in [0.5, 0.6) is 0 Å². The number of benzene rings is 2. The Kier molecular flexibility index (Phi) is 7.47. The quantitative estimate of drug-likeness (QED) is 0.502. The first-order chi connectivity index (χ1) is 13.8.